The zero-order valence-corrected chi connectivity index (χ0v) is 13.6. The van der Waals surface area contributed by atoms with E-state index in [0.29, 0.717) is 0 Å². The first-order chi connectivity index (χ1) is 9.15. The molecule has 0 saturated carbocycles. The molecule has 2 rings (SSSR count). The smallest absolute Gasteiger partial charge is 0.124 e. The van der Waals surface area contributed by atoms with Gasteiger partial charge in [0, 0.05) is 33.8 Å². The van der Waals surface area contributed by atoms with E-state index in [1.807, 2.05) is 18.4 Å². The normalized spacial score (nSPS) is 21.4. The lowest BCUT2D eigenvalue weighted by atomic mass is 9.99. The molecule has 106 valence electrons. The van der Waals surface area contributed by atoms with Crippen molar-refractivity contribution < 1.29 is 9.84 Å². The summed E-state index contributed by atoms with van der Waals surface area (Å²) >= 11 is 5.21. The molecular weight excluding hydrogens is 326 g/mol. The molecule has 0 fully saturated rings. The molecule has 1 aliphatic heterocycles. The number of rotatable bonds is 5. The van der Waals surface area contributed by atoms with Crippen LogP contribution in [0, 0.1) is 0 Å². The highest BCUT2D eigenvalue weighted by molar-refractivity contribution is 9.10. The van der Waals surface area contributed by atoms with Gasteiger partial charge in [-0.1, -0.05) is 15.9 Å². The summed E-state index contributed by atoms with van der Waals surface area (Å²) in [6.45, 7) is 3.07. The number of hydrogen-bond acceptors (Lipinski definition) is 4. The molecule has 0 aromatic heterocycles. The minimum Gasteiger partial charge on any atom is -0.493 e. The van der Waals surface area contributed by atoms with E-state index in [0.717, 1.165) is 23.2 Å². The van der Waals surface area contributed by atoms with Crippen LogP contribution in [0.1, 0.15) is 24.9 Å². The van der Waals surface area contributed by atoms with E-state index in [9.17, 15) is 5.11 Å². The maximum atomic E-state index is 9.37. The minimum atomic E-state index is 0.198. The zero-order valence-electron chi connectivity index (χ0n) is 11.2. The van der Waals surface area contributed by atoms with Crippen LogP contribution in [-0.2, 0) is 0 Å². The van der Waals surface area contributed by atoms with Gasteiger partial charge < -0.3 is 15.2 Å². The number of fused-ring (bicyclic) bond motifs is 1. The van der Waals surface area contributed by atoms with Crippen molar-refractivity contribution in [2.24, 2.45) is 0 Å². The van der Waals surface area contributed by atoms with E-state index < -0.39 is 0 Å². The van der Waals surface area contributed by atoms with Gasteiger partial charge in [-0.3, -0.25) is 0 Å². The van der Waals surface area contributed by atoms with Gasteiger partial charge in [0.2, 0.25) is 0 Å². The molecule has 0 amide bonds. The van der Waals surface area contributed by atoms with Crippen LogP contribution < -0.4 is 10.1 Å². The molecule has 3 unspecified atom stereocenters. The van der Waals surface area contributed by atoms with Crippen molar-refractivity contribution in [2.45, 2.75) is 30.7 Å². The van der Waals surface area contributed by atoms with Crippen LogP contribution in [0.15, 0.2) is 22.7 Å². The summed E-state index contributed by atoms with van der Waals surface area (Å²) < 4.78 is 6.76. The van der Waals surface area contributed by atoms with Gasteiger partial charge in [0.05, 0.1) is 13.2 Å². The van der Waals surface area contributed by atoms with Crippen molar-refractivity contribution in [3.05, 3.63) is 28.2 Å². The van der Waals surface area contributed by atoms with Crippen molar-refractivity contribution in [3.63, 3.8) is 0 Å². The summed E-state index contributed by atoms with van der Waals surface area (Å²) in [6.07, 6.45) is 2.99. The van der Waals surface area contributed by atoms with Gasteiger partial charge in [-0.2, -0.15) is 11.8 Å². The van der Waals surface area contributed by atoms with Gasteiger partial charge >= 0.3 is 0 Å². The number of benzene rings is 1. The number of halogens is 1. The Kier molecular flexibility index (Phi) is 5.57. The minimum absolute atomic E-state index is 0.198. The molecule has 3 atom stereocenters. The first-order valence-corrected chi connectivity index (χ1v) is 8.55. The summed E-state index contributed by atoms with van der Waals surface area (Å²) in [6, 6.07) is 6.68. The standard InChI is InChI=1S/C14H20BrNO2S/c1-9(14(8-17)19-2)16-12-5-6-18-13-4-3-10(15)7-11(12)13/h3-4,7,9,12,14,16-17H,5-6,8H2,1-2H3. The third kappa shape index (κ3) is 3.66. The van der Waals surface area contributed by atoms with Gasteiger partial charge in [-0.05, 0) is 31.4 Å². The molecule has 2 N–H and O–H groups in total. The quantitative estimate of drug-likeness (QED) is 0.860. The molecule has 0 aliphatic carbocycles. The molecule has 5 heteroatoms. The van der Waals surface area contributed by atoms with Gasteiger partial charge in [-0.15, -0.1) is 0 Å². The molecule has 19 heavy (non-hydrogen) atoms. The highest BCUT2D eigenvalue weighted by Gasteiger charge is 2.25. The zero-order chi connectivity index (χ0) is 13.8. The fourth-order valence-corrected chi connectivity index (χ4v) is 3.41. The monoisotopic (exact) mass is 345 g/mol. The summed E-state index contributed by atoms with van der Waals surface area (Å²) in [5, 5.41) is 13.2. The number of hydrogen-bond donors (Lipinski definition) is 2. The van der Waals surface area contributed by atoms with Crippen molar-refractivity contribution in [3.8, 4) is 5.75 Å². The van der Waals surface area contributed by atoms with Gasteiger partial charge in [0.15, 0.2) is 0 Å². The van der Waals surface area contributed by atoms with E-state index in [1.54, 1.807) is 11.8 Å². The number of nitrogens with one attached hydrogen (secondary N) is 1. The topological polar surface area (TPSA) is 41.5 Å². The molecule has 1 aliphatic rings. The molecule has 0 bridgehead atoms. The van der Waals surface area contributed by atoms with Crippen LogP contribution in [-0.4, -0.2) is 35.9 Å². The SMILES string of the molecule is CSC(CO)C(C)NC1CCOc2ccc(Br)cc21. The van der Waals surface area contributed by atoms with E-state index in [-0.39, 0.29) is 23.9 Å². The number of ether oxygens (including phenoxy) is 1. The molecule has 0 radical (unpaired) electrons. The molecule has 0 saturated heterocycles. The maximum absolute atomic E-state index is 9.37. The van der Waals surface area contributed by atoms with E-state index in [2.05, 4.69) is 34.2 Å². The summed E-state index contributed by atoms with van der Waals surface area (Å²) in [5.41, 5.74) is 1.20. The Morgan fingerprint density at radius 2 is 2.37 bits per heavy atom. The Balaban J connectivity index is 2.13. The second kappa shape index (κ2) is 6.97. The predicted octanol–water partition coefficient (Wildman–Crippen LogP) is 2.97. The predicted molar refractivity (Wildman–Crippen MR) is 84.0 cm³/mol. The third-order valence-corrected chi connectivity index (χ3v) is 5.17. The summed E-state index contributed by atoms with van der Waals surface area (Å²) in [4.78, 5) is 0. The number of aliphatic hydroxyl groups is 1. The van der Waals surface area contributed by atoms with Crippen LogP contribution in [0.2, 0.25) is 0 Å². The van der Waals surface area contributed by atoms with Crippen molar-refractivity contribution in [1.82, 2.24) is 5.32 Å². The lowest BCUT2D eigenvalue weighted by molar-refractivity contribution is 0.232. The summed E-state index contributed by atoms with van der Waals surface area (Å²) in [7, 11) is 0. The van der Waals surface area contributed by atoms with Crippen LogP contribution in [0.5, 0.6) is 5.75 Å². The number of aliphatic hydroxyl groups excluding tert-OH is 1. The molecular formula is C14H20BrNO2S. The van der Waals surface area contributed by atoms with Crippen LogP contribution >= 0.6 is 27.7 Å². The second-order valence-corrected chi connectivity index (χ2v) is 6.78. The van der Waals surface area contributed by atoms with Crippen LogP contribution in [0.4, 0.5) is 0 Å². The average Bonchev–Trinajstić information content (AvgIpc) is 2.41. The van der Waals surface area contributed by atoms with Crippen molar-refractivity contribution in [2.75, 3.05) is 19.5 Å². The Morgan fingerprint density at radius 1 is 1.58 bits per heavy atom. The number of thioether (sulfide) groups is 1. The van der Waals surface area contributed by atoms with Crippen molar-refractivity contribution >= 4 is 27.7 Å². The van der Waals surface area contributed by atoms with Crippen molar-refractivity contribution in [1.29, 1.82) is 0 Å². The fourth-order valence-electron chi connectivity index (χ4n) is 2.40. The first kappa shape index (κ1) is 15.2. The third-order valence-electron chi connectivity index (χ3n) is 3.52. The largest absolute Gasteiger partial charge is 0.493 e. The van der Waals surface area contributed by atoms with Crippen LogP contribution in [0.25, 0.3) is 0 Å². The van der Waals surface area contributed by atoms with E-state index >= 15 is 0 Å². The maximum Gasteiger partial charge on any atom is 0.124 e. The van der Waals surface area contributed by atoms with Gasteiger partial charge in [0.1, 0.15) is 5.75 Å². The first-order valence-electron chi connectivity index (χ1n) is 6.47. The lowest BCUT2D eigenvalue weighted by Gasteiger charge is -2.31. The molecule has 0 spiro atoms. The fraction of sp³-hybridized carbons (Fsp3) is 0.571. The molecule has 1 aromatic carbocycles. The van der Waals surface area contributed by atoms with Gasteiger partial charge in [0.25, 0.3) is 0 Å². The highest BCUT2D eigenvalue weighted by Crippen LogP contribution is 2.34. The van der Waals surface area contributed by atoms with Gasteiger partial charge in [-0.25, -0.2) is 0 Å². The Morgan fingerprint density at radius 3 is 3.05 bits per heavy atom. The Bertz CT molecular complexity index is 426. The lowest BCUT2D eigenvalue weighted by Crippen LogP contribution is -2.41. The molecule has 1 aromatic rings. The van der Waals surface area contributed by atoms with E-state index in [4.69, 9.17) is 4.74 Å². The van der Waals surface area contributed by atoms with Crippen LogP contribution in [0.3, 0.4) is 0 Å². The van der Waals surface area contributed by atoms with E-state index in [1.165, 1.54) is 5.56 Å². The second-order valence-electron chi connectivity index (χ2n) is 4.78. The highest BCUT2D eigenvalue weighted by atomic mass is 79.9. The Labute approximate surface area is 127 Å². The average molecular weight is 346 g/mol. The Hall–Kier alpha value is -0.230. The molecule has 3 nitrogen and oxygen atoms in total. The molecule has 1 heterocycles. The summed E-state index contributed by atoms with van der Waals surface area (Å²) in [5.74, 6) is 0.962.